The van der Waals surface area contributed by atoms with Crippen molar-refractivity contribution in [1.82, 2.24) is 78.5 Å². The molecule has 426 valence electrons. The molecule has 30 heteroatoms. The normalized spacial score (nSPS) is 14.0. The SMILES string of the molecule is C.CN(C)c1ncnc(C2CC2)c1-c1ncc2cnn(Cc3ccc(-c4nc(C(F)(F)F)cn4C)cc3)c2n1.Cn1cc(C(F)(F)F)nc1-c1ccc(Cn2ncc3cnc(-c4c(OS(=O)(=O)C(F)(F)F)ncnc4C4CC4)nc32)cc1. The Bertz CT molecular complexity index is 4090. The van der Waals surface area contributed by atoms with Crippen molar-refractivity contribution in [2.45, 2.75) is 75.9 Å². The fraction of sp³-hybridized carbons (Fsp3) is 0.308. The number of halogens is 9. The van der Waals surface area contributed by atoms with E-state index in [4.69, 9.17) is 4.98 Å². The summed E-state index contributed by atoms with van der Waals surface area (Å²) in [5.41, 5.74) is -2.13. The minimum Gasteiger partial charge on any atom is -0.362 e. The molecule has 12 rings (SSSR count). The number of anilines is 1. The molecular formula is C52H46F9N17O3S. The highest BCUT2D eigenvalue weighted by atomic mass is 32.2. The molecule has 0 radical (unpaired) electrons. The number of hydrogen-bond acceptors (Lipinski definition) is 16. The van der Waals surface area contributed by atoms with Crippen LogP contribution in [0.1, 0.15) is 78.8 Å². The monoisotopic (exact) mass is 1160 g/mol. The van der Waals surface area contributed by atoms with E-state index in [9.17, 15) is 47.9 Å². The molecule has 2 aromatic carbocycles. The molecule has 0 bridgehead atoms. The van der Waals surface area contributed by atoms with E-state index >= 15 is 0 Å². The van der Waals surface area contributed by atoms with Crippen molar-refractivity contribution >= 4 is 38.0 Å². The minimum absolute atomic E-state index is 0. The van der Waals surface area contributed by atoms with Crippen LogP contribution < -0.4 is 9.08 Å². The first-order chi connectivity index (χ1) is 38.4. The van der Waals surface area contributed by atoms with Crippen LogP contribution >= 0.6 is 0 Å². The zero-order valence-electron chi connectivity index (χ0n) is 42.8. The van der Waals surface area contributed by atoms with Crippen LogP contribution in [0.5, 0.6) is 5.88 Å². The number of fused-ring (bicyclic) bond motifs is 2. The molecule has 82 heavy (non-hydrogen) atoms. The maximum Gasteiger partial charge on any atom is 0.534 e. The molecule has 10 aromatic rings. The highest BCUT2D eigenvalue weighted by Crippen LogP contribution is 2.47. The molecule has 0 unspecified atom stereocenters. The quantitative estimate of drug-likeness (QED) is 0.0595. The Labute approximate surface area is 459 Å². The zero-order chi connectivity index (χ0) is 57.3. The molecule has 8 heterocycles. The summed E-state index contributed by atoms with van der Waals surface area (Å²) in [6.45, 7) is 0.580. The van der Waals surface area contributed by atoms with Crippen molar-refractivity contribution in [2.24, 2.45) is 14.1 Å². The highest BCUT2D eigenvalue weighted by Gasteiger charge is 2.50. The molecule has 2 fully saturated rings. The number of imidazole rings is 2. The van der Waals surface area contributed by atoms with Gasteiger partial charge in [0.15, 0.2) is 34.3 Å². The van der Waals surface area contributed by atoms with Gasteiger partial charge >= 0.3 is 28.0 Å². The first-order valence-corrected chi connectivity index (χ1v) is 26.0. The van der Waals surface area contributed by atoms with Gasteiger partial charge in [-0.25, -0.2) is 59.2 Å². The van der Waals surface area contributed by atoms with E-state index < -0.39 is 45.2 Å². The van der Waals surface area contributed by atoms with E-state index in [1.54, 1.807) is 66.8 Å². The van der Waals surface area contributed by atoms with Crippen molar-refractivity contribution in [3.63, 3.8) is 0 Å². The minimum atomic E-state index is -6.04. The molecule has 0 amide bonds. The van der Waals surface area contributed by atoms with Gasteiger partial charge < -0.3 is 18.2 Å². The molecular weight excluding hydrogens is 1110 g/mol. The van der Waals surface area contributed by atoms with Crippen LogP contribution in [0.4, 0.5) is 45.3 Å². The van der Waals surface area contributed by atoms with Crippen LogP contribution in [0, 0.1) is 0 Å². The van der Waals surface area contributed by atoms with Gasteiger partial charge in [-0.2, -0.15) is 58.1 Å². The lowest BCUT2D eigenvalue weighted by molar-refractivity contribution is -0.141. The number of nitrogens with zero attached hydrogens (tertiary/aromatic N) is 17. The van der Waals surface area contributed by atoms with Crippen LogP contribution in [0.15, 0.2) is 98.4 Å². The van der Waals surface area contributed by atoms with Gasteiger partial charge in [-0.15, -0.1) is 0 Å². The topological polar surface area (TPSA) is 221 Å². The smallest absolute Gasteiger partial charge is 0.362 e. The van der Waals surface area contributed by atoms with Crippen LogP contribution in [0.2, 0.25) is 0 Å². The zero-order valence-corrected chi connectivity index (χ0v) is 43.6. The first-order valence-electron chi connectivity index (χ1n) is 24.6. The molecule has 0 aliphatic heterocycles. The average Bonchev–Trinajstić information content (AvgIpc) is 4.32. The van der Waals surface area contributed by atoms with Crippen molar-refractivity contribution < 1.29 is 52.1 Å². The predicted octanol–water partition coefficient (Wildman–Crippen LogP) is 10.2. The molecule has 2 aliphatic rings. The molecule has 2 saturated carbocycles. The standard InChI is InChI=1S/C26H24F3N9.C25H18F6N8O3S.CH4/c1-36(2)25-20(21(16-8-9-16)31-14-32-25)22-30-10-18-11-33-38(24(18)35-22)12-15-4-6-17(7-5-15)23-34-19(13-37(23)3)26(27,28)29;1-38-11-17(24(26,27)28)36-21(38)15-4-2-13(3-5-15)10-39-22-16(9-35-39)8-32-20(37-22)18-19(14-6-7-14)33-12-34-23(18)42-43(40,41)25(29,30)31;/h4-7,10-11,13-14,16H,8-9,12H2,1-3H3;2-5,8-9,11-12,14H,6-7,10H2,1H3;1H4. The van der Waals surface area contributed by atoms with Gasteiger partial charge in [0, 0.05) is 75.9 Å². The molecule has 20 nitrogen and oxygen atoms in total. The largest absolute Gasteiger partial charge is 0.534 e. The van der Waals surface area contributed by atoms with Gasteiger partial charge in [0.2, 0.25) is 5.88 Å². The summed E-state index contributed by atoms with van der Waals surface area (Å²) in [6.07, 6.45) is 5.15. The van der Waals surface area contributed by atoms with E-state index in [1.807, 2.05) is 31.1 Å². The number of hydrogen-bond donors (Lipinski definition) is 0. The summed E-state index contributed by atoms with van der Waals surface area (Å²) in [5.74, 6) is 0.916. The van der Waals surface area contributed by atoms with Gasteiger partial charge in [0.05, 0.1) is 53.2 Å². The number of alkyl halides is 9. The summed E-state index contributed by atoms with van der Waals surface area (Å²) >= 11 is 0. The summed E-state index contributed by atoms with van der Waals surface area (Å²) in [5, 5.41) is 10.1. The Morgan fingerprint density at radius 1 is 0.573 bits per heavy atom. The van der Waals surface area contributed by atoms with E-state index in [2.05, 4.69) is 59.2 Å². The Balaban J connectivity index is 0.000000183. The predicted molar refractivity (Wildman–Crippen MR) is 279 cm³/mol. The number of benzene rings is 2. The maximum absolute atomic E-state index is 13.1. The Morgan fingerprint density at radius 2 is 1.00 bits per heavy atom. The number of aryl methyl sites for hydroxylation is 2. The van der Waals surface area contributed by atoms with Crippen molar-refractivity contribution in [1.29, 1.82) is 0 Å². The Morgan fingerprint density at radius 3 is 1.40 bits per heavy atom. The second-order valence-corrected chi connectivity index (χ2v) is 20.9. The Kier molecular flexibility index (Phi) is 14.5. The van der Waals surface area contributed by atoms with E-state index in [1.165, 1.54) is 33.3 Å². The van der Waals surface area contributed by atoms with Gasteiger partial charge in [-0.3, -0.25) is 0 Å². The van der Waals surface area contributed by atoms with Crippen LogP contribution in [-0.4, -0.2) is 107 Å². The molecule has 0 atom stereocenters. The summed E-state index contributed by atoms with van der Waals surface area (Å²) < 4.78 is 152. The molecule has 2 aliphatic carbocycles. The van der Waals surface area contributed by atoms with Crippen LogP contribution in [0.25, 0.3) is 67.6 Å². The number of rotatable bonds is 13. The van der Waals surface area contributed by atoms with Gasteiger partial charge in [-0.1, -0.05) is 56.0 Å². The van der Waals surface area contributed by atoms with Crippen molar-refractivity contribution in [3.05, 3.63) is 132 Å². The van der Waals surface area contributed by atoms with Gasteiger partial charge in [0.25, 0.3) is 0 Å². The van der Waals surface area contributed by atoms with Crippen LogP contribution in [0.3, 0.4) is 0 Å². The van der Waals surface area contributed by atoms with Gasteiger partial charge in [0.1, 0.15) is 35.7 Å². The third-order valence-corrected chi connectivity index (χ3v) is 14.1. The third-order valence-electron chi connectivity index (χ3n) is 13.1. The summed E-state index contributed by atoms with van der Waals surface area (Å²) in [7, 11) is 0.834. The van der Waals surface area contributed by atoms with Gasteiger partial charge in [-0.05, 0) is 36.8 Å². The van der Waals surface area contributed by atoms with E-state index in [0.29, 0.717) is 58.9 Å². The number of aromatic nitrogens is 16. The first kappa shape index (κ1) is 56.3. The maximum atomic E-state index is 13.1. The second kappa shape index (κ2) is 21.2. The lowest BCUT2D eigenvalue weighted by Gasteiger charge is -2.17. The average molecular weight is 1160 g/mol. The fourth-order valence-corrected chi connectivity index (χ4v) is 9.32. The molecule has 0 saturated heterocycles. The van der Waals surface area contributed by atoms with Crippen molar-refractivity contribution in [2.75, 3.05) is 19.0 Å². The second-order valence-electron chi connectivity index (χ2n) is 19.4. The molecule has 0 spiro atoms. The lowest BCUT2D eigenvalue weighted by Crippen LogP contribution is -2.28. The summed E-state index contributed by atoms with van der Waals surface area (Å²) in [6, 6.07) is 13.8. The lowest BCUT2D eigenvalue weighted by atomic mass is 10.1. The summed E-state index contributed by atoms with van der Waals surface area (Å²) in [4.78, 5) is 44.4. The van der Waals surface area contributed by atoms with E-state index in [0.717, 1.165) is 59.6 Å². The van der Waals surface area contributed by atoms with Crippen molar-refractivity contribution in [3.8, 4) is 51.4 Å². The molecule has 8 aromatic heterocycles. The van der Waals surface area contributed by atoms with Crippen LogP contribution in [-0.2, 0) is 49.7 Å². The van der Waals surface area contributed by atoms with E-state index in [-0.39, 0.29) is 54.3 Å². The molecule has 0 N–H and O–H groups in total. The Hall–Kier alpha value is -8.96. The highest BCUT2D eigenvalue weighted by molar-refractivity contribution is 7.88. The third kappa shape index (κ3) is 11.4. The fourth-order valence-electron chi connectivity index (χ4n) is 8.89.